The van der Waals surface area contributed by atoms with Crippen LogP contribution in [0.15, 0.2) is 60.7 Å². The van der Waals surface area contributed by atoms with Gasteiger partial charge < -0.3 is 15.0 Å². The SMILES string of the molecule is NC(=O)COC(=O)c1cc2ccccc2n1Cc1ccccc1. The van der Waals surface area contributed by atoms with E-state index in [-0.39, 0.29) is 0 Å². The third-order valence-electron chi connectivity index (χ3n) is 3.55. The van der Waals surface area contributed by atoms with E-state index in [0.29, 0.717) is 12.2 Å². The number of nitrogens with zero attached hydrogens (tertiary/aromatic N) is 1. The van der Waals surface area contributed by atoms with E-state index < -0.39 is 18.5 Å². The van der Waals surface area contributed by atoms with Crippen LogP contribution in [0.5, 0.6) is 0 Å². The summed E-state index contributed by atoms with van der Waals surface area (Å²) in [7, 11) is 0. The van der Waals surface area contributed by atoms with Gasteiger partial charge in [-0.3, -0.25) is 4.79 Å². The number of fused-ring (bicyclic) bond motifs is 1. The normalized spacial score (nSPS) is 10.6. The summed E-state index contributed by atoms with van der Waals surface area (Å²) < 4.78 is 6.85. The van der Waals surface area contributed by atoms with Crippen LogP contribution in [0.4, 0.5) is 0 Å². The molecule has 0 unspecified atom stereocenters. The molecule has 0 aliphatic rings. The minimum atomic E-state index is -0.677. The summed E-state index contributed by atoms with van der Waals surface area (Å²) in [5.74, 6) is -1.24. The molecule has 0 saturated heterocycles. The monoisotopic (exact) mass is 308 g/mol. The quantitative estimate of drug-likeness (QED) is 0.735. The molecule has 3 rings (SSSR count). The lowest BCUT2D eigenvalue weighted by Gasteiger charge is -2.10. The average molecular weight is 308 g/mol. The van der Waals surface area contributed by atoms with E-state index in [1.165, 1.54) is 0 Å². The van der Waals surface area contributed by atoms with Gasteiger partial charge in [-0.05, 0) is 17.7 Å². The molecule has 116 valence electrons. The van der Waals surface area contributed by atoms with Crippen LogP contribution in [0.1, 0.15) is 16.1 Å². The minimum Gasteiger partial charge on any atom is -0.451 e. The standard InChI is InChI=1S/C18H16N2O3/c19-17(21)12-23-18(22)16-10-14-8-4-5-9-15(14)20(16)11-13-6-2-1-3-7-13/h1-10H,11-12H2,(H2,19,21). The molecule has 0 atom stereocenters. The molecule has 0 saturated carbocycles. The summed E-state index contributed by atoms with van der Waals surface area (Å²) in [4.78, 5) is 23.1. The van der Waals surface area contributed by atoms with Crippen LogP contribution in [0.25, 0.3) is 10.9 Å². The highest BCUT2D eigenvalue weighted by atomic mass is 16.5. The van der Waals surface area contributed by atoms with Crippen molar-refractivity contribution in [3.05, 3.63) is 71.9 Å². The molecular weight excluding hydrogens is 292 g/mol. The van der Waals surface area contributed by atoms with Crippen molar-refractivity contribution < 1.29 is 14.3 Å². The lowest BCUT2D eigenvalue weighted by Crippen LogP contribution is -2.22. The Kier molecular flexibility index (Phi) is 4.10. The Morgan fingerprint density at radius 3 is 2.43 bits per heavy atom. The Bertz CT molecular complexity index is 853. The lowest BCUT2D eigenvalue weighted by atomic mass is 10.2. The molecule has 3 aromatic rings. The second-order valence-electron chi connectivity index (χ2n) is 5.20. The van der Waals surface area contributed by atoms with Gasteiger partial charge in [-0.25, -0.2) is 4.79 Å². The number of carbonyl (C=O) groups is 2. The van der Waals surface area contributed by atoms with Gasteiger partial charge in [-0.1, -0.05) is 48.5 Å². The van der Waals surface area contributed by atoms with E-state index in [1.807, 2.05) is 59.2 Å². The van der Waals surface area contributed by atoms with E-state index in [1.54, 1.807) is 6.07 Å². The van der Waals surface area contributed by atoms with Crippen molar-refractivity contribution >= 4 is 22.8 Å². The lowest BCUT2D eigenvalue weighted by molar-refractivity contribution is -0.121. The molecule has 0 spiro atoms. The first-order chi connectivity index (χ1) is 11.1. The average Bonchev–Trinajstić information content (AvgIpc) is 2.92. The molecule has 5 heteroatoms. The van der Waals surface area contributed by atoms with Crippen LogP contribution in [-0.4, -0.2) is 23.1 Å². The molecule has 5 nitrogen and oxygen atoms in total. The van der Waals surface area contributed by atoms with Gasteiger partial charge in [0, 0.05) is 17.4 Å². The van der Waals surface area contributed by atoms with Gasteiger partial charge in [0.1, 0.15) is 5.69 Å². The van der Waals surface area contributed by atoms with E-state index in [4.69, 9.17) is 10.5 Å². The van der Waals surface area contributed by atoms with Gasteiger partial charge in [0.15, 0.2) is 6.61 Å². The highest BCUT2D eigenvalue weighted by Crippen LogP contribution is 2.22. The van der Waals surface area contributed by atoms with Crippen molar-refractivity contribution in [3.8, 4) is 0 Å². The Morgan fingerprint density at radius 2 is 1.70 bits per heavy atom. The zero-order valence-electron chi connectivity index (χ0n) is 12.4. The van der Waals surface area contributed by atoms with Crippen LogP contribution >= 0.6 is 0 Å². The van der Waals surface area contributed by atoms with E-state index in [2.05, 4.69) is 0 Å². The molecule has 23 heavy (non-hydrogen) atoms. The number of para-hydroxylation sites is 1. The van der Waals surface area contributed by atoms with Crippen LogP contribution in [0, 0.1) is 0 Å². The van der Waals surface area contributed by atoms with Crippen molar-refractivity contribution in [1.82, 2.24) is 4.57 Å². The number of hydrogen-bond acceptors (Lipinski definition) is 3. The van der Waals surface area contributed by atoms with Gasteiger partial charge in [0.2, 0.25) is 0 Å². The van der Waals surface area contributed by atoms with Gasteiger partial charge >= 0.3 is 5.97 Å². The maximum absolute atomic E-state index is 12.3. The second kappa shape index (κ2) is 6.36. The number of carbonyl (C=O) groups excluding carboxylic acids is 2. The van der Waals surface area contributed by atoms with Crippen LogP contribution in [0.3, 0.4) is 0 Å². The first-order valence-electron chi connectivity index (χ1n) is 7.23. The number of primary amides is 1. The highest BCUT2D eigenvalue weighted by molar-refractivity contribution is 5.96. The number of ether oxygens (including phenoxy) is 1. The summed E-state index contributed by atoms with van der Waals surface area (Å²) in [6, 6.07) is 19.3. The Hall–Kier alpha value is -3.08. The number of nitrogens with two attached hydrogens (primary N) is 1. The molecule has 0 fully saturated rings. The van der Waals surface area contributed by atoms with Crippen LogP contribution in [-0.2, 0) is 16.1 Å². The molecule has 2 aromatic carbocycles. The molecule has 1 amide bonds. The molecule has 0 aliphatic heterocycles. The summed E-state index contributed by atoms with van der Waals surface area (Å²) >= 11 is 0. The number of rotatable bonds is 5. The maximum atomic E-state index is 12.3. The zero-order valence-corrected chi connectivity index (χ0v) is 12.4. The topological polar surface area (TPSA) is 74.3 Å². The molecule has 0 radical (unpaired) electrons. The molecular formula is C18H16N2O3. The smallest absolute Gasteiger partial charge is 0.355 e. The van der Waals surface area contributed by atoms with Crippen molar-refractivity contribution in [2.45, 2.75) is 6.54 Å². The van der Waals surface area contributed by atoms with Gasteiger partial charge in [-0.15, -0.1) is 0 Å². The number of hydrogen-bond donors (Lipinski definition) is 1. The fourth-order valence-corrected chi connectivity index (χ4v) is 2.53. The van der Waals surface area contributed by atoms with Gasteiger partial charge in [0.05, 0.1) is 0 Å². The van der Waals surface area contributed by atoms with E-state index >= 15 is 0 Å². The number of aromatic nitrogens is 1. The molecule has 0 aliphatic carbocycles. The predicted molar refractivity (Wildman–Crippen MR) is 87.0 cm³/mol. The van der Waals surface area contributed by atoms with Crippen LogP contribution in [0.2, 0.25) is 0 Å². The second-order valence-corrected chi connectivity index (χ2v) is 5.20. The summed E-state index contributed by atoms with van der Waals surface area (Å²) in [5.41, 5.74) is 7.43. The Morgan fingerprint density at radius 1 is 1.00 bits per heavy atom. The Labute approximate surface area is 133 Å². The number of benzene rings is 2. The maximum Gasteiger partial charge on any atom is 0.355 e. The fraction of sp³-hybridized carbons (Fsp3) is 0.111. The fourth-order valence-electron chi connectivity index (χ4n) is 2.53. The first-order valence-corrected chi connectivity index (χ1v) is 7.23. The van der Waals surface area contributed by atoms with Crippen molar-refractivity contribution in [1.29, 1.82) is 0 Å². The zero-order chi connectivity index (χ0) is 16.2. The highest BCUT2D eigenvalue weighted by Gasteiger charge is 2.17. The predicted octanol–water partition coefficient (Wildman–Crippen LogP) is 2.33. The largest absolute Gasteiger partial charge is 0.451 e. The van der Waals surface area contributed by atoms with Crippen molar-refractivity contribution in [2.75, 3.05) is 6.61 Å². The van der Waals surface area contributed by atoms with Crippen molar-refractivity contribution in [3.63, 3.8) is 0 Å². The third kappa shape index (κ3) is 3.23. The summed E-state index contributed by atoms with van der Waals surface area (Å²) in [5, 5.41) is 0.939. The molecule has 1 aromatic heterocycles. The third-order valence-corrected chi connectivity index (χ3v) is 3.55. The minimum absolute atomic E-state index is 0.399. The molecule has 2 N–H and O–H groups in total. The van der Waals surface area contributed by atoms with Crippen molar-refractivity contribution in [2.24, 2.45) is 5.73 Å². The van der Waals surface area contributed by atoms with E-state index in [0.717, 1.165) is 16.5 Å². The molecule has 0 bridgehead atoms. The molecule has 1 heterocycles. The van der Waals surface area contributed by atoms with E-state index in [9.17, 15) is 9.59 Å². The Balaban J connectivity index is 2.01. The summed E-state index contributed by atoms with van der Waals surface area (Å²) in [6.45, 7) is 0.112. The number of esters is 1. The summed E-state index contributed by atoms with van der Waals surface area (Å²) in [6.07, 6.45) is 0. The van der Waals surface area contributed by atoms with Crippen LogP contribution < -0.4 is 5.73 Å². The van der Waals surface area contributed by atoms with Gasteiger partial charge in [0.25, 0.3) is 5.91 Å². The first kappa shape index (κ1) is 14.8. The van der Waals surface area contributed by atoms with Gasteiger partial charge in [-0.2, -0.15) is 0 Å². The number of amides is 1.